The summed E-state index contributed by atoms with van der Waals surface area (Å²) in [5.74, 6) is -0.150. The van der Waals surface area contributed by atoms with Crippen molar-refractivity contribution >= 4 is 11.6 Å². The van der Waals surface area contributed by atoms with Crippen molar-refractivity contribution in [3.8, 4) is 0 Å². The Balaban J connectivity index is 2.36. The molecule has 3 nitrogen and oxygen atoms in total. The predicted molar refractivity (Wildman–Crippen MR) is 71.2 cm³/mol. The molecule has 2 aromatic carbocycles. The van der Waals surface area contributed by atoms with Gasteiger partial charge in [-0.05, 0) is 11.6 Å². The van der Waals surface area contributed by atoms with Gasteiger partial charge in [-0.15, -0.1) is 0 Å². The lowest BCUT2D eigenvalue weighted by atomic mass is 10.00. The van der Waals surface area contributed by atoms with E-state index in [1.165, 1.54) is 6.92 Å². The van der Waals surface area contributed by atoms with Gasteiger partial charge in [0.1, 0.15) is 6.10 Å². The molecule has 0 aliphatic rings. The second kappa shape index (κ2) is 5.47. The molecule has 92 valence electrons. The molecule has 0 fully saturated rings. The molecule has 0 bridgehead atoms. The number of amides is 1. The van der Waals surface area contributed by atoms with Crippen molar-refractivity contribution in [2.24, 2.45) is 0 Å². The molecule has 18 heavy (non-hydrogen) atoms. The molecule has 0 aliphatic carbocycles. The first-order chi connectivity index (χ1) is 8.68. The second-order valence-electron chi connectivity index (χ2n) is 4.08. The second-order valence-corrected chi connectivity index (χ2v) is 4.08. The molecular weight excluding hydrogens is 226 g/mol. The molecule has 0 radical (unpaired) electrons. The number of aliphatic hydroxyl groups is 1. The summed E-state index contributed by atoms with van der Waals surface area (Å²) in [6.07, 6.45) is -0.741. The van der Waals surface area contributed by atoms with E-state index in [-0.39, 0.29) is 5.91 Å². The van der Waals surface area contributed by atoms with Gasteiger partial charge in [-0.1, -0.05) is 48.5 Å². The van der Waals surface area contributed by atoms with Crippen LogP contribution >= 0.6 is 0 Å². The molecule has 0 heterocycles. The maximum atomic E-state index is 11.1. The van der Waals surface area contributed by atoms with Crippen molar-refractivity contribution < 1.29 is 9.90 Å². The van der Waals surface area contributed by atoms with E-state index in [9.17, 15) is 9.90 Å². The van der Waals surface area contributed by atoms with E-state index < -0.39 is 6.10 Å². The number of rotatable bonds is 3. The van der Waals surface area contributed by atoms with Crippen LogP contribution in [0.5, 0.6) is 0 Å². The number of hydrogen-bond donors (Lipinski definition) is 2. The van der Waals surface area contributed by atoms with E-state index in [1.807, 2.05) is 48.5 Å². The fraction of sp³-hybridized carbons (Fsp3) is 0.133. The van der Waals surface area contributed by atoms with Crippen LogP contribution in [0.2, 0.25) is 0 Å². The van der Waals surface area contributed by atoms with Gasteiger partial charge in [0.2, 0.25) is 5.91 Å². The Kier molecular flexibility index (Phi) is 3.75. The number of aliphatic hydroxyl groups excluding tert-OH is 1. The van der Waals surface area contributed by atoms with E-state index in [4.69, 9.17) is 0 Å². The summed E-state index contributed by atoms with van der Waals surface area (Å²) >= 11 is 0. The van der Waals surface area contributed by atoms with Crippen LogP contribution in [0, 0.1) is 0 Å². The van der Waals surface area contributed by atoms with Crippen LogP contribution in [0.4, 0.5) is 5.69 Å². The summed E-state index contributed by atoms with van der Waals surface area (Å²) in [6.45, 7) is 1.45. The van der Waals surface area contributed by atoms with Gasteiger partial charge < -0.3 is 10.4 Å². The molecule has 0 saturated carbocycles. The number of anilines is 1. The van der Waals surface area contributed by atoms with Crippen molar-refractivity contribution in [2.45, 2.75) is 13.0 Å². The molecule has 1 amide bonds. The third-order valence-electron chi connectivity index (χ3n) is 2.68. The van der Waals surface area contributed by atoms with Gasteiger partial charge in [0.15, 0.2) is 0 Å². The summed E-state index contributed by atoms with van der Waals surface area (Å²) in [5.41, 5.74) is 2.13. The van der Waals surface area contributed by atoms with Crippen LogP contribution < -0.4 is 5.32 Å². The van der Waals surface area contributed by atoms with Crippen LogP contribution in [-0.4, -0.2) is 11.0 Å². The number of hydrogen-bond acceptors (Lipinski definition) is 2. The Hall–Kier alpha value is -2.13. The maximum absolute atomic E-state index is 11.1. The van der Waals surface area contributed by atoms with E-state index >= 15 is 0 Å². The first kappa shape index (κ1) is 12.3. The van der Waals surface area contributed by atoms with Gasteiger partial charge in [-0.3, -0.25) is 4.79 Å². The van der Waals surface area contributed by atoms with Gasteiger partial charge in [0.05, 0.1) is 0 Å². The average molecular weight is 241 g/mol. The molecule has 0 saturated heterocycles. The highest BCUT2D eigenvalue weighted by molar-refractivity contribution is 5.89. The topological polar surface area (TPSA) is 49.3 Å². The van der Waals surface area contributed by atoms with E-state index in [1.54, 1.807) is 6.07 Å². The number of para-hydroxylation sites is 1. The highest BCUT2D eigenvalue weighted by Crippen LogP contribution is 2.27. The SMILES string of the molecule is CC(=O)Nc1ccccc1C(O)c1ccccc1. The molecule has 1 unspecified atom stereocenters. The Labute approximate surface area is 106 Å². The quantitative estimate of drug-likeness (QED) is 0.868. The standard InChI is InChI=1S/C15H15NO2/c1-11(17)16-14-10-6-5-9-13(14)15(18)12-7-3-2-4-8-12/h2-10,15,18H,1H3,(H,16,17). The highest BCUT2D eigenvalue weighted by Gasteiger charge is 2.14. The Morgan fingerprint density at radius 3 is 2.33 bits per heavy atom. The minimum absolute atomic E-state index is 0.150. The molecule has 0 aliphatic heterocycles. The molecule has 3 heteroatoms. The van der Waals surface area contributed by atoms with Crippen molar-refractivity contribution in [3.05, 3.63) is 65.7 Å². The zero-order chi connectivity index (χ0) is 13.0. The summed E-state index contributed by atoms with van der Waals surface area (Å²) < 4.78 is 0. The van der Waals surface area contributed by atoms with Crippen molar-refractivity contribution in [2.75, 3.05) is 5.32 Å². The molecule has 0 spiro atoms. The Morgan fingerprint density at radius 1 is 1.06 bits per heavy atom. The normalized spacial score (nSPS) is 11.9. The number of carbonyl (C=O) groups is 1. The molecule has 2 rings (SSSR count). The zero-order valence-corrected chi connectivity index (χ0v) is 10.1. The average Bonchev–Trinajstić information content (AvgIpc) is 2.39. The largest absolute Gasteiger partial charge is 0.384 e. The van der Waals surface area contributed by atoms with E-state index in [2.05, 4.69) is 5.32 Å². The fourth-order valence-corrected chi connectivity index (χ4v) is 1.85. The maximum Gasteiger partial charge on any atom is 0.221 e. The van der Waals surface area contributed by atoms with Crippen molar-refractivity contribution in [1.29, 1.82) is 0 Å². The first-order valence-corrected chi connectivity index (χ1v) is 5.78. The summed E-state index contributed by atoms with van der Waals surface area (Å²) in [7, 11) is 0. The minimum atomic E-state index is -0.741. The lowest BCUT2D eigenvalue weighted by molar-refractivity contribution is -0.114. The Bertz CT molecular complexity index is 537. The van der Waals surface area contributed by atoms with Crippen LogP contribution in [0.15, 0.2) is 54.6 Å². The van der Waals surface area contributed by atoms with E-state index in [0.29, 0.717) is 11.3 Å². The fourth-order valence-electron chi connectivity index (χ4n) is 1.85. The molecule has 2 aromatic rings. The molecule has 1 atom stereocenters. The summed E-state index contributed by atoms with van der Waals surface area (Å²) in [4.78, 5) is 11.1. The van der Waals surface area contributed by atoms with Gasteiger partial charge in [0.25, 0.3) is 0 Å². The van der Waals surface area contributed by atoms with Crippen LogP contribution in [0.1, 0.15) is 24.2 Å². The summed E-state index contributed by atoms with van der Waals surface area (Å²) in [6, 6.07) is 16.6. The van der Waals surface area contributed by atoms with Crippen LogP contribution in [0.3, 0.4) is 0 Å². The lowest BCUT2D eigenvalue weighted by Gasteiger charge is -2.16. The Morgan fingerprint density at radius 2 is 1.67 bits per heavy atom. The minimum Gasteiger partial charge on any atom is -0.384 e. The van der Waals surface area contributed by atoms with Crippen LogP contribution in [-0.2, 0) is 4.79 Å². The van der Waals surface area contributed by atoms with Gasteiger partial charge in [-0.25, -0.2) is 0 Å². The smallest absolute Gasteiger partial charge is 0.221 e. The predicted octanol–water partition coefficient (Wildman–Crippen LogP) is 2.73. The molecule has 2 N–H and O–H groups in total. The van der Waals surface area contributed by atoms with Crippen molar-refractivity contribution in [1.82, 2.24) is 0 Å². The van der Waals surface area contributed by atoms with Gasteiger partial charge in [-0.2, -0.15) is 0 Å². The molecular formula is C15H15NO2. The monoisotopic (exact) mass is 241 g/mol. The number of nitrogens with one attached hydrogen (secondary N) is 1. The first-order valence-electron chi connectivity index (χ1n) is 5.78. The third kappa shape index (κ3) is 2.76. The third-order valence-corrected chi connectivity index (χ3v) is 2.68. The van der Waals surface area contributed by atoms with Crippen molar-refractivity contribution in [3.63, 3.8) is 0 Å². The van der Waals surface area contributed by atoms with Gasteiger partial charge >= 0.3 is 0 Å². The molecule has 0 aromatic heterocycles. The van der Waals surface area contributed by atoms with Gasteiger partial charge in [0, 0.05) is 18.2 Å². The summed E-state index contributed by atoms with van der Waals surface area (Å²) in [5, 5.41) is 13.1. The lowest BCUT2D eigenvalue weighted by Crippen LogP contribution is -2.10. The highest BCUT2D eigenvalue weighted by atomic mass is 16.3. The number of carbonyl (C=O) groups excluding carboxylic acids is 1. The van der Waals surface area contributed by atoms with E-state index in [0.717, 1.165) is 5.56 Å². The zero-order valence-electron chi connectivity index (χ0n) is 10.1. The van der Waals surface area contributed by atoms with Crippen LogP contribution in [0.25, 0.3) is 0 Å². The number of benzene rings is 2.